The first-order valence-electron chi connectivity index (χ1n) is 6.61. The van der Waals surface area contributed by atoms with Gasteiger partial charge in [-0.1, -0.05) is 39.0 Å². The average Bonchev–Trinajstić information content (AvgIpc) is 2.37. The second-order valence-electron chi connectivity index (χ2n) is 4.34. The van der Waals surface area contributed by atoms with Crippen LogP contribution >= 0.6 is 0 Å². The van der Waals surface area contributed by atoms with Gasteiger partial charge in [0, 0.05) is 12.6 Å². The number of nitrogens with two attached hydrogens (primary N) is 2. The van der Waals surface area contributed by atoms with Crippen LogP contribution in [0.2, 0.25) is 0 Å². The van der Waals surface area contributed by atoms with Gasteiger partial charge >= 0.3 is 0 Å². The smallest absolute Gasteiger partial charge is 0.223 e. The van der Waals surface area contributed by atoms with Crippen LogP contribution in [0, 0.1) is 0 Å². The Morgan fingerprint density at radius 2 is 1.72 bits per heavy atom. The molecule has 0 fully saturated rings. The van der Waals surface area contributed by atoms with Gasteiger partial charge in [0.05, 0.1) is 0 Å². The van der Waals surface area contributed by atoms with E-state index in [0.717, 1.165) is 13.0 Å². The first kappa shape index (κ1) is 14.5. The van der Waals surface area contributed by atoms with E-state index in [0.29, 0.717) is 11.6 Å². The number of unbranched alkanes of at least 4 members (excludes halogenated alkanes) is 5. The summed E-state index contributed by atoms with van der Waals surface area (Å²) in [6.07, 6.45) is 7.64. The van der Waals surface area contributed by atoms with Crippen molar-refractivity contribution in [2.75, 3.05) is 23.0 Å². The number of aromatic nitrogens is 2. The van der Waals surface area contributed by atoms with Gasteiger partial charge in [-0.15, -0.1) is 0 Å². The summed E-state index contributed by atoms with van der Waals surface area (Å²) >= 11 is 0. The van der Waals surface area contributed by atoms with Gasteiger partial charge in [0.25, 0.3) is 0 Å². The van der Waals surface area contributed by atoms with E-state index in [1.807, 2.05) is 0 Å². The van der Waals surface area contributed by atoms with Crippen molar-refractivity contribution in [1.82, 2.24) is 9.97 Å². The minimum absolute atomic E-state index is 0.218. The largest absolute Gasteiger partial charge is 0.370 e. The number of nitrogen functional groups attached to an aromatic ring is 2. The zero-order chi connectivity index (χ0) is 13.2. The molecule has 0 aliphatic carbocycles. The number of hydrazine groups is 1. The van der Waals surface area contributed by atoms with Crippen molar-refractivity contribution in [2.45, 2.75) is 45.4 Å². The lowest BCUT2D eigenvalue weighted by Crippen LogP contribution is -2.12. The highest BCUT2D eigenvalue weighted by molar-refractivity contribution is 5.50. The van der Waals surface area contributed by atoms with Gasteiger partial charge in [0.2, 0.25) is 5.95 Å². The van der Waals surface area contributed by atoms with Crippen molar-refractivity contribution in [3.05, 3.63) is 6.07 Å². The van der Waals surface area contributed by atoms with Crippen LogP contribution in [-0.2, 0) is 0 Å². The zero-order valence-corrected chi connectivity index (χ0v) is 11.1. The van der Waals surface area contributed by atoms with E-state index in [4.69, 9.17) is 11.6 Å². The minimum Gasteiger partial charge on any atom is -0.370 e. The summed E-state index contributed by atoms with van der Waals surface area (Å²) in [6.45, 7) is 3.12. The van der Waals surface area contributed by atoms with Gasteiger partial charge in [-0.2, -0.15) is 9.97 Å². The van der Waals surface area contributed by atoms with Crippen LogP contribution in [0.25, 0.3) is 0 Å². The van der Waals surface area contributed by atoms with Crippen LogP contribution < -0.4 is 22.3 Å². The fraction of sp³-hybridized carbons (Fsp3) is 0.667. The summed E-state index contributed by atoms with van der Waals surface area (Å²) in [5.74, 6) is 6.74. The van der Waals surface area contributed by atoms with Crippen molar-refractivity contribution < 1.29 is 0 Å². The maximum atomic E-state index is 5.56. The molecule has 0 saturated carbocycles. The van der Waals surface area contributed by atoms with Gasteiger partial charge < -0.3 is 16.5 Å². The molecule has 1 aromatic heterocycles. The number of nitrogens with zero attached hydrogens (tertiary/aromatic N) is 2. The summed E-state index contributed by atoms with van der Waals surface area (Å²) < 4.78 is 0. The first-order valence-corrected chi connectivity index (χ1v) is 6.61. The van der Waals surface area contributed by atoms with Crippen LogP contribution in [-0.4, -0.2) is 16.5 Å². The molecule has 0 aliphatic rings. The van der Waals surface area contributed by atoms with Crippen LogP contribution in [0.4, 0.5) is 17.6 Å². The number of rotatable bonds is 9. The molecule has 6 N–H and O–H groups in total. The van der Waals surface area contributed by atoms with Gasteiger partial charge in [-0.25, -0.2) is 5.84 Å². The number of hydrogen-bond acceptors (Lipinski definition) is 6. The maximum Gasteiger partial charge on any atom is 0.223 e. The molecule has 1 heterocycles. The van der Waals surface area contributed by atoms with E-state index in [1.54, 1.807) is 6.07 Å². The lowest BCUT2D eigenvalue weighted by Gasteiger charge is -2.07. The molecule has 6 nitrogen and oxygen atoms in total. The van der Waals surface area contributed by atoms with Gasteiger partial charge in [-0.05, 0) is 6.42 Å². The maximum absolute atomic E-state index is 5.56. The molecule has 1 aromatic rings. The second kappa shape index (κ2) is 8.52. The molecular weight excluding hydrogens is 228 g/mol. The highest BCUT2D eigenvalue weighted by atomic mass is 15.3. The second-order valence-corrected chi connectivity index (χ2v) is 4.34. The third kappa shape index (κ3) is 5.67. The third-order valence-corrected chi connectivity index (χ3v) is 2.73. The number of nitrogens with one attached hydrogen (secondary N) is 2. The fourth-order valence-electron chi connectivity index (χ4n) is 1.75. The van der Waals surface area contributed by atoms with Crippen LogP contribution in [0.1, 0.15) is 45.4 Å². The molecule has 0 spiro atoms. The Morgan fingerprint density at radius 1 is 1.06 bits per heavy atom. The molecule has 1 rings (SSSR count). The molecule has 0 aliphatic heterocycles. The lowest BCUT2D eigenvalue weighted by atomic mass is 10.1. The molecule has 0 unspecified atom stereocenters. The van der Waals surface area contributed by atoms with Crippen LogP contribution in [0.5, 0.6) is 0 Å². The quantitative estimate of drug-likeness (QED) is 0.305. The molecule has 0 aromatic carbocycles. The normalized spacial score (nSPS) is 10.3. The Kier molecular flexibility index (Phi) is 6.86. The Labute approximate surface area is 109 Å². The van der Waals surface area contributed by atoms with Crippen molar-refractivity contribution >= 4 is 17.6 Å². The predicted octanol–water partition coefficient (Wildman–Crippen LogP) is 2.12. The predicted molar refractivity (Wildman–Crippen MR) is 76.1 cm³/mol. The van der Waals surface area contributed by atoms with Crippen LogP contribution in [0.15, 0.2) is 6.07 Å². The average molecular weight is 252 g/mol. The Bertz CT molecular complexity index is 341. The Hall–Kier alpha value is -1.56. The van der Waals surface area contributed by atoms with Crippen molar-refractivity contribution in [2.24, 2.45) is 5.84 Å². The molecule has 0 amide bonds. The third-order valence-electron chi connectivity index (χ3n) is 2.73. The number of hydrogen-bond donors (Lipinski definition) is 4. The summed E-state index contributed by atoms with van der Waals surface area (Å²) in [4.78, 5) is 8.01. The van der Waals surface area contributed by atoms with Crippen molar-refractivity contribution in [3.8, 4) is 0 Å². The zero-order valence-electron chi connectivity index (χ0n) is 11.1. The monoisotopic (exact) mass is 252 g/mol. The number of anilines is 3. The first-order chi connectivity index (χ1) is 8.76. The SMILES string of the molecule is CCCCCCCCNc1cc(NN)nc(N)n1. The molecule has 0 atom stereocenters. The fourth-order valence-corrected chi connectivity index (χ4v) is 1.75. The Balaban J connectivity index is 2.20. The van der Waals surface area contributed by atoms with E-state index in [1.165, 1.54) is 32.1 Å². The van der Waals surface area contributed by atoms with Crippen molar-refractivity contribution in [3.63, 3.8) is 0 Å². The summed E-state index contributed by atoms with van der Waals surface area (Å²) in [7, 11) is 0. The van der Waals surface area contributed by atoms with Gasteiger partial charge in [-0.3, -0.25) is 0 Å². The molecule has 0 saturated heterocycles. The molecular formula is C12H24N6. The van der Waals surface area contributed by atoms with E-state index >= 15 is 0 Å². The minimum atomic E-state index is 0.218. The molecule has 18 heavy (non-hydrogen) atoms. The van der Waals surface area contributed by atoms with Crippen LogP contribution in [0.3, 0.4) is 0 Å². The van der Waals surface area contributed by atoms with E-state index < -0.39 is 0 Å². The highest BCUT2D eigenvalue weighted by Gasteiger charge is 2.00. The Morgan fingerprint density at radius 3 is 2.44 bits per heavy atom. The standard InChI is InChI=1S/C12H24N6/c1-2-3-4-5-6-7-8-15-10-9-11(18-14)17-12(13)16-10/h9H,2-8,14H2,1H3,(H4,13,15,16,17,18). The summed E-state index contributed by atoms with van der Waals surface area (Å²) in [6, 6.07) is 1.74. The van der Waals surface area contributed by atoms with Crippen molar-refractivity contribution in [1.29, 1.82) is 0 Å². The summed E-state index contributed by atoms with van der Waals surface area (Å²) in [5, 5.41) is 3.22. The summed E-state index contributed by atoms with van der Waals surface area (Å²) in [5.41, 5.74) is 8.02. The molecule has 0 bridgehead atoms. The molecule has 0 radical (unpaired) electrons. The van der Waals surface area contributed by atoms with Gasteiger partial charge in [0.15, 0.2) is 0 Å². The van der Waals surface area contributed by atoms with E-state index in [2.05, 4.69) is 27.6 Å². The highest BCUT2D eigenvalue weighted by Crippen LogP contribution is 2.11. The molecule has 102 valence electrons. The lowest BCUT2D eigenvalue weighted by molar-refractivity contribution is 0.617. The topological polar surface area (TPSA) is 102 Å². The van der Waals surface area contributed by atoms with E-state index in [-0.39, 0.29) is 5.95 Å². The van der Waals surface area contributed by atoms with Gasteiger partial charge in [0.1, 0.15) is 11.6 Å². The van der Waals surface area contributed by atoms with E-state index in [9.17, 15) is 0 Å². The molecule has 6 heteroatoms.